The molecule has 8 heteroatoms. The molecule has 1 rings (SSSR count). The number of rotatable bonds is 2. The summed E-state index contributed by atoms with van der Waals surface area (Å²) < 4.78 is 7.48. The number of methoxy groups -OCH3 is 2. The van der Waals surface area contributed by atoms with Crippen LogP contribution in [0, 0.1) is 5.92 Å². The lowest BCUT2D eigenvalue weighted by atomic mass is 9.86. The molecule has 0 aliphatic carbocycles. The van der Waals surface area contributed by atoms with E-state index in [0.29, 0.717) is 11.4 Å². The predicted octanol–water partition coefficient (Wildman–Crippen LogP) is 2.47. The number of carbonyl (C=O) groups excluding carboxylic acids is 2. The average Bonchev–Trinajstić information content (AvgIpc) is 2.35. The van der Waals surface area contributed by atoms with E-state index in [4.69, 9.17) is 44.3 Å². The monoisotopic (exact) mass is 341 g/mol. The standard InChI is InChI=1S/C12H14Cl3NO4/c1-5-7(10(17)19-3)9(12(13,14)15)8(6(2)16-5)11(18)20-4/h9,16H,1-4H3. The van der Waals surface area contributed by atoms with Crippen molar-refractivity contribution < 1.29 is 19.1 Å². The van der Waals surface area contributed by atoms with Gasteiger partial charge in [-0.2, -0.15) is 0 Å². The van der Waals surface area contributed by atoms with Gasteiger partial charge in [-0.05, 0) is 13.8 Å². The number of esters is 2. The summed E-state index contributed by atoms with van der Waals surface area (Å²) in [6, 6.07) is 0. The van der Waals surface area contributed by atoms with Gasteiger partial charge in [0.25, 0.3) is 0 Å². The van der Waals surface area contributed by atoms with Crippen LogP contribution in [0.2, 0.25) is 0 Å². The molecule has 0 bridgehead atoms. The van der Waals surface area contributed by atoms with E-state index in [1.807, 2.05) is 0 Å². The molecule has 0 unspecified atom stereocenters. The van der Waals surface area contributed by atoms with Gasteiger partial charge in [0.05, 0.1) is 31.3 Å². The van der Waals surface area contributed by atoms with E-state index in [9.17, 15) is 9.59 Å². The Kier molecular flexibility index (Phi) is 5.35. The summed E-state index contributed by atoms with van der Waals surface area (Å²) >= 11 is 17.9. The average molecular weight is 343 g/mol. The van der Waals surface area contributed by atoms with Gasteiger partial charge < -0.3 is 14.8 Å². The molecule has 0 aromatic carbocycles. The van der Waals surface area contributed by atoms with Crippen LogP contribution in [0.5, 0.6) is 0 Å². The molecule has 0 radical (unpaired) electrons. The van der Waals surface area contributed by atoms with Crippen LogP contribution in [-0.2, 0) is 19.1 Å². The van der Waals surface area contributed by atoms with Crippen molar-refractivity contribution >= 4 is 46.7 Å². The van der Waals surface area contributed by atoms with Crippen LogP contribution in [0.4, 0.5) is 0 Å². The quantitative estimate of drug-likeness (QED) is 0.617. The van der Waals surface area contributed by atoms with Gasteiger partial charge in [-0.1, -0.05) is 34.8 Å². The summed E-state index contributed by atoms with van der Waals surface area (Å²) in [6.45, 7) is 3.26. The number of nitrogens with one attached hydrogen (secondary N) is 1. The summed E-state index contributed by atoms with van der Waals surface area (Å²) in [5, 5.41) is 2.89. The molecule has 0 saturated heterocycles. The Morgan fingerprint density at radius 1 is 1.00 bits per heavy atom. The lowest BCUT2D eigenvalue weighted by Gasteiger charge is -2.33. The van der Waals surface area contributed by atoms with Gasteiger partial charge in [-0.25, -0.2) is 9.59 Å². The molecule has 20 heavy (non-hydrogen) atoms. The van der Waals surface area contributed by atoms with Crippen molar-refractivity contribution in [1.29, 1.82) is 0 Å². The lowest BCUT2D eigenvalue weighted by Crippen LogP contribution is -2.39. The van der Waals surface area contributed by atoms with Crippen LogP contribution < -0.4 is 5.32 Å². The zero-order chi connectivity index (χ0) is 15.7. The minimum atomic E-state index is -1.91. The maximum absolute atomic E-state index is 11.9. The van der Waals surface area contributed by atoms with Crippen LogP contribution in [-0.4, -0.2) is 30.0 Å². The highest BCUT2D eigenvalue weighted by Gasteiger charge is 2.47. The molecule has 0 spiro atoms. The van der Waals surface area contributed by atoms with Gasteiger partial charge in [0.15, 0.2) is 0 Å². The SMILES string of the molecule is COC(=O)C1=C(C)NC(C)=C(C(=O)OC)C1C(Cl)(Cl)Cl. The van der Waals surface area contributed by atoms with Gasteiger partial charge in [0.2, 0.25) is 3.79 Å². The Labute approximate surface area is 131 Å². The number of hydrogen-bond donors (Lipinski definition) is 1. The first-order chi connectivity index (χ1) is 9.15. The summed E-state index contributed by atoms with van der Waals surface area (Å²) in [5.74, 6) is -2.44. The number of ether oxygens (including phenoxy) is 2. The molecule has 5 nitrogen and oxygen atoms in total. The Morgan fingerprint density at radius 2 is 1.35 bits per heavy atom. The Morgan fingerprint density at radius 3 is 1.60 bits per heavy atom. The third kappa shape index (κ3) is 3.22. The first-order valence-electron chi connectivity index (χ1n) is 5.57. The van der Waals surface area contributed by atoms with E-state index in [1.54, 1.807) is 13.8 Å². The second-order valence-corrected chi connectivity index (χ2v) is 6.53. The third-order valence-corrected chi connectivity index (χ3v) is 3.55. The van der Waals surface area contributed by atoms with Gasteiger partial charge >= 0.3 is 11.9 Å². The predicted molar refractivity (Wildman–Crippen MR) is 76.3 cm³/mol. The molecule has 0 fully saturated rings. The highest BCUT2D eigenvalue weighted by molar-refractivity contribution is 6.68. The minimum absolute atomic E-state index is 0.0819. The fraction of sp³-hybridized carbons (Fsp3) is 0.500. The molecule has 0 aromatic heterocycles. The molecule has 1 aliphatic heterocycles. The van der Waals surface area contributed by atoms with Crippen molar-refractivity contribution in [3.05, 3.63) is 22.5 Å². The first-order valence-corrected chi connectivity index (χ1v) is 6.70. The summed E-state index contributed by atoms with van der Waals surface area (Å²) in [4.78, 5) is 23.9. The van der Waals surface area contributed by atoms with Crippen molar-refractivity contribution in [3.63, 3.8) is 0 Å². The first kappa shape index (κ1) is 17.1. The molecule has 1 N–H and O–H groups in total. The maximum Gasteiger partial charge on any atom is 0.336 e. The molecule has 112 valence electrons. The second kappa shape index (κ2) is 6.24. The van der Waals surface area contributed by atoms with Crippen LogP contribution in [0.25, 0.3) is 0 Å². The van der Waals surface area contributed by atoms with Crippen molar-refractivity contribution in [2.45, 2.75) is 17.6 Å². The van der Waals surface area contributed by atoms with Crippen molar-refractivity contribution in [2.24, 2.45) is 5.92 Å². The zero-order valence-corrected chi connectivity index (χ0v) is 13.6. The lowest BCUT2D eigenvalue weighted by molar-refractivity contribution is -0.137. The van der Waals surface area contributed by atoms with Crippen molar-refractivity contribution in [1.82, 2.24) is 5.32 Å². The molecular weight excluding hydrogens is 328 g/mol. The highest BCUT2D eigenvalue weighted by Crippen LogP contribution is 2.46. The van der Waals surface area contributed by atoms with Gasteiger partial charge in [-0.15, -0.1) is 0 Å². The van der Waals surface area contributed by atoms with Crippen molar-refractivity contribution in [2.75, 3.05) is 14.2 Å². The largest absolute Gasteiger partial charge is 0.466 e. The van der Waals surface area contributed by atoms with Crippen LogP contribution in [0.3, 0.4) is 0 Å². The topological polar surface area (TPSA) is 64.6 Å². The number of alkyl halides is 3. The number of carbonyl (C=O) groups is 2. The molecule has 0 saturated carbocycles. The Hall–Kier alpha value is -0.910. The molecule has 1 aliphatic rings. The normalized spacial score (nSPS) is 16.9. The molecule has 0 amide bonds. The van der Waals surface area contributed by atoms with E-state index >= 15 is 0 Å². The number of hydrogen-bond acceptors (Lipinski definition) is 5. The number of allylic oxidation sites excluding steroid dienone is 2. The van der Waals surface area contributed by atoms with E-state index in [1.165, 1.54) is 14.2 Å². The highest BCUT2D eigenvalue weighted by atomic mass is 35.6. The molecule has 1 heterocycles. The van der Waals surface area contributed by atoms with E-state index in [2.05, 4.69) is 5.32 Å². The van der Waals surface area contributed by atoms with E-state index in [-0.39, 0.29) is 11.1 Å². The summed E-state index contributed by atoms with van der Waals surface area (Å²) in [5.41, 5.74) is 1.08. The summed E-state index contributed by atoms with van der Waals surface area (Å²) in [6.07, 6.45) is 0. The van der Waals surface area contributed by atoms with Crippen molar-refractivity contribution in [3.8, 4) is 0 Å². The van der Waals surface area contributed by atoms with E-state index < -0.39 is 21.6 Å². The third-order valence-electron chi connectivity index (χ3n) is 2.90. The number of halogens is 3. The van der Waals surface area contributed by atoms with Crippen LogP contribution in [0.1, 0.15) is 13.8 Å². The fourth-order valence-electron chi connectivity index (χ4n) is 2.08. The second-order valence-electron chi connectivity index (χ2n) is 4.16. The molecule has 0 aromatic rings. The minimum Gasteiger partial charge on any atom is -0.466 e. The Balaban J connectivity index is 3.50. The van der Waals surface area contributed by atoms with Crippen LogP contribution >= 0.6 is 34.8 Å². The fourth-order valence-corrected chi connectivity index (χ4v) is 2.74. The van der Waals surface area contributed by atoms with Gasteiger partial charge in [0.1, 0.15) is 0 Å². The zero-order valence-electron chi connectivity index (χ0n) is 11.3. The Bertz CT molecular complexity index is 467. The van der Waals surface area contributed by atoms with Crippen LogP contribution in [0.15, 0.2) is 22.5 Å². The number of dihydropyridines is 1. The smallest absolute Gasteiger partial charge is 0.336 e. The van der Waals surface area contributed by atoms with Gasteiger partial charge in [0, 0.05) is 11.4 Å². The molecular formula is C12H14Cl3NO4. The molecule has 0 atom stereocenters. The summed E-state index contributed by atoms with van der Waals surface area (Å²) in [7, 11) is 2.42. The van der Waals surface area contributed by atoms with E-state index in [0.717, 1.165) is 0 Å². The maximum atomic E-state index is 11.9. The van der Waals surface area contributed by atoms with Gasteiger partial charge in [-0.3, -0.25) is 0 Å².